The molecule has 0 aromatic carbocycles. The Morgan fingerprint density at radius 3 is 2.72 bits per heavy atom. The lowest BCUT2D eigenvalue weighted by Crippen LogP contribution is -2.47. The Morgan fingerprint density at radius 1 is 1.24 bits per heavy atom. The summed E-state index contributed by atoms with van der Waals surface area (Å²) in [4.78, 5) is 16.6. The van der Waals surface area contributed by atoms with Crippen molar-refractivity contribution in [1.82, 2.24) is 19.9 Å². The zero-order valence-electron chi connectivity index (χ0n) is 16.2. The second-order valence-electron chi connectivity index (χ2n) is 8.34. The predicted molar refractivity (Wildman–Crippen MR) is 101 cm³/mol. The number of fused-ring (bicyclic) bond motifs is 1. The van der Waals surface area contributed by atoms with Crippen LogP contribution in [-0.4, -0.2) is 33.2 Å². The number of piperidine rings is 1. The molecule has 1 saturated heterocycles. The summed E-state index contributed by atoms with van der Waals surface area (Å²) in [5.41, 5.74) is 8.43. The van der Waals surface area contributed by atoms with E-state index in [0.717, 1.165) is 18.5 Å². The first kappa shape index (κ1) is 20.1. The number of nitrogens with zero attached hydrogens (tertiary/aromatic N) is 3. The third-order valence-corrected chi connectivity index (χ3v) is 6.27. The van der Waals surface area contributed by atoms with Gasteiger partial charge in [0.25, 0.3) is 0 Å². The van der Waals surface area contributed by atoms with Gasteiger partial charge in [0.1, 0.15) is 0 Å². The molecule has 158 valence electrons. The van der Waals surface area contributed by atoms with Crippen molar-refractivity contribution in [3.63, 3.8) is 0 Å². The van der Waals surface area contributed by atoms with Gasteiger partial charge in [-0.3, -0.25) is 4.79 Å². The van der Waals surface area contributed by atoms with Gasteiger partial charge in [0.05, 0.1) is 29.5 Å². The average Bonchev–Trinajstić information content (AvgIpc) is 3.12. The van der Waals surface area contributed by atoms with E-state index < -0.39 is 18.0 Å². The number of hydrogen-bond donors (Lipinski definition) is 2. The highest BCUT2D eigenvalue weighted by atomic mass is 19.4. The molecule has 2 aromatic rings. The summed E-state index contributed by atoms with van der Waals surface area (Å²) < 4.78 is 40.7. The SMILES string of the molecule is N[C@H](c1cn2nc(C[C@@H]3C[C@@H](C(F)(F)F)CNC3=O)ccc2n1)C1CCCCC1. The molecule has 1 aliphatic heterocycles. The van der Waals surface area contributed by atoms with Crippen molar-refractivity contribution in [2.75, 3.05) is 6.54 Å². The van der Waals surface area contributed by atoms with Crippen LogP contribution in [0.25, 0.3) is 5.65 Å². The number of imidazole rings is 1. The van der Waals surface area contributed by atoms with Crippen molar-refractivity contribution in [2.45, 2.75) is 57.2 Å². The molecule has 1 saturated carbocycles. The first-order valence-corrected chi connectivity index (χ1v) is 10.3. The quantitative estimate of drug-likeness (QED) is 0.812. The van der Waals surface area contributed by atoms with Crippen molar-refractivity contribution < 1.29 is 18.0 Å². The molecule has 29 heavy (non-hydrogen) atoms. The number of nitrogens with two attached hydrogens (primary N) is 1. The molecule has 2 fully saturated rings. The monoisotopic (exact) mass is 409 g/mol. The zero-order chi connectivity index (χ0) is 20.6. The topological polar surface area (TPSA) is 85.3 Å². The number of aromatic nitrogens is 3. The fourth-order valence-corrected chi connectivity index (χ4v) is 4.52. The first-order valence-electron chi connectivity index (χ1n) is 10.3. The molecule has 0 spiro atoms. The molecule has 2 aliphatic rings. The van der Waals surface area contributed by atoms with Crippen LogP contribution >= 0.6 is 0 Å². The highest BCUT2D eigenvalue weighted by Gasteiger charge is 2.44. The van der Waals surface area contributed by atoms with Crippen molar-refractivity contribution in [1.29, 1.82) is 0 Å². The van der Waals surface area contributed by atoms with E-state index in [2.05, 4.69) is 15.4 Å². The van der Waals surface area contributed by atoms with Gasteiger partial charge in [0, 0.05) is 18.9 Å². The molecule has 3 N–H and O–H groups in total. The lowest BCUT2D eigenvalue weighted by atomic mass is 9.83. The average molecular weight is 409 g/mol. The van der Waals surface area contributed by atoms with Gasteiger partial charge in [0.15, 0.2) is 5.65 Å². The second-order valence-corrected chi connectivity index (χ2v) is 8.34. The number of halogens is 3. The number of amides is 1. The Balaban J connectivity index is 1.49. The molecule has 0 radical (unpaired) electrons. The Kier molecular flexibility index (Phi) is 5.50. The van der Waals surface area contributed by atoms with Crippen molar-refractivity contribution in [2.24, 2.45) is 23.5 Å². The van der Waals surface area contributed by atoms with Gasteiger partial charge in [-0.25, -0.2) is 9.50 Å². The Bertz CT molecular complexity index is 875. The van der Waals surface area contributed by atoms with E-state index in [1.54, 1.807) is 22.8 Å². The Morgan fingerprint density at radius 2 is 2.00 bits per heavy atom. The largest absolute Gasteiger partial charge is 0.393 e. The highest BCUT2D eigenvalue weighted by Crippen LogP contribution is 2.34. The fraction of sp³-hybridized carbons (Fsp3) is 0.650. The van der Waals surface area contributed by atoms with Crippen LogP contribution in [0.3, 0.4) is 0 Å². The number of rotatable bonds is 4. The molecule has 4 rings (SSSR count). The number of nitrogens with one attached hydrogen (secondary N) is 1. The number of alkyl halides is 3. The van der Waals surface area contributed by atoms with Gasteiger partial charge in [-0.1, -0.05) is 19.3 Å². The molecular formula is C20H26F3N5O. The molecule has 1 aliphatic carbocycles. The molecule has 3 heterocycles. The van der Waals surface area contributed by atoms with Crippen LogP contribution in [0.15, 0.2) is 18.3 Å². The summed E-state index contributed by atoms with van der Waals surface area (Å²) >= 11 is 0. The van der Waals surface area contributed by atoms with E-state index in [1.165, 1.54) is 19.3 Å². The molecular weight excluding hydrogens is 383 g/mol. The van der Waals surface area contributed by atoms with Crippen LogP contribution in [-0.2, 0) is 11.2 Å². The lowest BCUT2D eigenvalue weighted by molar-refractivity contribution is -0.183. The summed E-state index contributed by atoms with van der Waals surface area (Å²) in [6.07, 6.45) is 3.29. The van der Waals surface area contributed by atoms with Crippen LogP contribution in [0.2, 0.25) is 0 Å². The van der Waals surface area contributed by atoms with Gasteiger partial charge in [0.2, 0.25) is 5.91 Å². The Labute approximate surface area is 167 Å². The third kappa shape index (κ3) is 4.39. The number of hydrogen-bond acceptors (Lipinski definition) is 4. The Hall–Kier alpha value is -2.16. The minimum Gasteiger partial charge on any atom is -0.355 e. The van der Waals surface area contributed by atoms with E-state index in [1.807, 2.05) is 0 Å². The van der Waals surface area contributed by atoms with E-state index >= 15 is 0 Å². The normalized spacial score (nSPS) is 25.2. The van der Waals surface area contributed by atoms with E-state index in [9.17, 15) is 18.0 Å². The van der Waals surface area contributed by atoms with Gasteiger partial charge < -0.3 is 11.1 Å². The summed E-state index contributed by atoms with van der Waals surface area (Å²) in [5, 5.41) is 6.86. The van der Waals surface area contributed by atoms with Gasteiger partial charge in [-0.05, 0) is 37.3 Å². The second kappa shape index (κ2) is 7.93. The van der Waals surface area contributed by atoms with Crippen LogP contribution < -0.4 is 11.1 Å². The summed E-state index contributed by atoms with van der Waals surface area (Å²) in [5.74, 6) is -2.19. The predicted octanol–water partition coefficient (Wildman–Crippen LogP) is 3.17. The fourth-order valence-electron chi connectivity index (χ4n) is 4.52. The molecule has 6 nitrogen and oxygen atoms in total. The maximum Gasteiger partial charge on any atom is 0.393 e. The minimum absolute atomic E-state index is 0.142. The summed E-state index contributed by atoms with van der Waals surface area (Å²) in [6.45, 7) is -0.352. The minimum atomic E-state index is -4.31. The summed E-state index contributed by atoms with van der Waals surface area (Å²) in [7, 11) is 0. The number of carbonyl (C=O) groups excluding carboxylic acids is 1. The van der Waals surface area contributed by atoms with E-state index in [4.69, 9.17) is 5.73 Å². The summed E-state index contributed by atoms with van der Waals surface area (Å²) in [6, 6.07) is 3.36. The molecule has 1 amide bonds. The van der Waals surface area contributed by atoms with Crippen molar-refractivity contribution in [3.05, 3.63) is 29.7 Å². The third-order valence-electron chi connectivity index (χ3n) is 6.27. The van der Waals surface area contributed by atoms with E-state index in [-0.39, 0.29) is 31.3 Å². The van der Waals surface area contributed by atoms with E-state index in [0.29, 0.717) is 17.3 Å². The maximum absolute atomic E-state index is 13.0. The van der Waals surface area contributed by atoms with Crippen LogP contribution in [0.5, 0.6) is 0 Å². The van der Waals surface area contributed by atoms with Gasteiger partial charge >= 0.3 is 6.18 Å². The van der Waals surface area contributed by atoms with Crippen molar-refractivity contribution in [3.8, 4) is 0 Å². The van der Waals surface area contributed by atoms with Gasteiger partial charge in [-0.2, -0.15) is 18.3 Å². The maximum atomic E-state index is 13.0. The van der Waals surface area contributed by atoms with Crippen LogP contribution in [0.4, 0.5) is 13.2 Å². The first-order chi connectivity index (χ1) is 13.8. The number of carbonyl (C=O) groups is 1. The standard InChI is InChI=1S/C20H26F3N5O/c21-20(22,23)14-8-13(19(29)25-10-14)9-15-6-7-17-26-16(11-28(17)27-15)18(24)12-4-2-1-3-5-12/h6-7,11-14,18H,1-5,8-10,24H2,(H,25,29)/t13-,14+,18-/m0/s1. The molecule has 9 heteroatoms. The smallest absolute Gasteiger partial charge is 0.355 e. The van der Waals surface area contributed by atoms with Crippen molar-refractivity contribution >= 4 is 11.6 Å². The molecule has 2 aromatic heterocycles. The zero-order valence-corrected chi connectivity index (χ0v) is 16.2. The molecule has 0 unspecified atom stereocenters. The van der Waals surface area contributed by atoms with Crippen LogP contribution in [0, 0.1) is 17.8 Å². The highest BCUT2D eigenvalue weighted by molar-refractivity contribution is 5.79. The van der Waals surface area contributed by atoms with Crippen LogP contribution in [0.1, 0.15) is 56.0 Å². The molecule has 0 bridgehead atoms. The lowest BCUT2D eigenvalue weighted by Gasteiger charge is -2.30. The van der Waals surface area contributed by atoms with Gasteiger partial charge in [-0.15, -0.1) is 0 Å². The molecule has 3 atom stereocenters.